The number of anilines is 3. The molecule has 0 radical (unpaired) electrons. The number of nitrogens with zero attached hydrogens (tertiary/aromatic N) is 1. The summed E-state index contributed by atoms with van der Waals surface area (Å²) in [4.78, 5) is 2.44. The number of thiophene rings is 1. The monoisotopic (exact) mass is 719 g/mol. The average Bonchev–Trinajstić information content (AvgIpc) is 3.83. The van der Waals surface area contributed by atoms with Crippen LogP contribution in [0.5, 0.6) is 0 Å². The maximum Gasteiger partial charge on any atom is 0.145 e. The molecule has 0 aliphatic carbocycles. The minimum Gasteiger partial charge on any atom is -0.455 e. The van der Waals surface area contributed by atoms with Crippen LogP contribution in [0.1, 0.15) is 0 Å². The lowest BCUT2D eigenvalue weighted by molar-refractivity contribution is 0.670. The highest BCUT2D eigenvalue weighted by Crippen LogP contribution is 2.49. The first kappa shape index (κ1) is 31.6. The Hall–Kier alpha value is -6.94. The second-order valence-corrected chi connectivity index (χ2v) is 15.2. The fraction of sp³-hybridized carbons (Fsp3) is 0. The van der Waals surface area contributed by atoms with Crippen molar-refractivity contribution in [1.82, 2.24) is 0 Å². The molecule has 2 aromatic heterocycles. The largest absolute Gasteiger partial charge is 0.455 e. The third-order valence-electron chi connectivity index (χ3n) is 10.9. The van der Waals surface area contributed by atoms with E-state index in [-0.39, 0.29) is 0 Å². The molecule has 0 N–H and O–H groups in total. The molecule has 3 heteroatoms. The molecule has 2 nitrogen and oxygen atoms in total. The van der Waals surface area contributed by atoms with Gasteiger partial charge in [-0.25, -0.2) is 0 Å². The van der Waals surface area contributed by atoms with Gasteiger partial charge in [0.25, 0.3) is 0 Å². The van der Waals surface area contributed by atoms with Crippen molar-refractivity contribution in [1.29, 1.82) is 0 Å². The van der Waals surface area contributed by atoms with Gasteiger partial charge in [-0.15, -0.1) is 11.3 Å². The number of hydrogen-bond donors (Lipinski definition) is 0. The second kappa shape index (κ2) is 12.9. The van der Waals surface area contributed by atoms with Gasteiger partial charge in [0.15, 0.2) is 0 Å². The standard InChI is InChI=1S/C52H33NOS/c1-4-13-34(14-5-1)38-24-27-45-48(31-38)54-52-42(37-17-8-3-9-18-37)29-30-47(51(45)52)53(46-22-12-20-36-19-10-11-21-41(36)46)40-25-28-44-43-26-23-39(35-15-6-2-7-16-35)32-49(43)55-50(44)33-40/h1-33H. The van der Waals surface area contributed by atoms with Crippen LogP contribution in [0.2, 0.25) is 0 Å². The lowest BCUT2D eigenvalue weighted by Gasteiger charge is -2.28. The van der Waals surface area contributed by atoms with E-state index in [2.05, 4.69) is 205 Å². The van der Waals surface area contributed by atoms with Gasteiger partial charge in [-0.1, -0.05) is 152 Å². The molecule has 0 spiro atoms. The molecule has 11 aromatic rings. The van der Waals surface area contributed by atoms with Crippen LogP contribution in [0.25, 0.3) is 86.3 Å². The molecule has 9 aromatic carbocycles. The van der Waals surface area contributed by atoms with Gasteiger partial charge in [-0.3, -0.25) is 0 Å². The van der Waals surface area contributed by atoms with Gasteiger partial charge < -0.3 is 9.32 Å². The molecule has 0 fully saturated rings. The zero-order valence-corrected chi connectivity index (χ0v) is 30.6. The molecule has 0 unspecified atom stereocenters. The summed E-state index contributed by atoms with van der Waals surface area (Å²) in [5.41, 5.74) is 12.0. The molecule has 258 valence electrons. The number of furan rings is 1. The Bertz CT molecular complexity index is 3190. The molecule has 0 bridgehead atoms. The quantitative estimate of drug-likeness (QED) is 0.170. The molecule has 0 amide bonds. The average molecular weight is 720 g/mol. The van der Waals surface area contributed by atoms with Crippen LogP contribution in [0, 0.1) is 0 Å². The van der Waals surface area contributed by atoms with Crippen LogP contribution < -0.4 is 4.90 Å². The summed E-state index contributed by atoms with van der Waals surface area (Å²) in [6.07, 6.45) is 0. The fourth-order valence-electron chi connectivity index (χ4n) is 8.23. The second-order valence-electron chi connectivity index (χ2n) is 14.1. The van der Waals surface area contributed by atoms with Gasteiger partial charge >= 0.3 is 0 Å². The maximum atomic E-state index is 6.98. The molecule has 0 atom stereocenters. The van der Waals surface area contributed by atoms with Crippen molar-refractivity contribution in [2.24, 2.45) is 0 Å². The normalized spacial score (nSPS) is 11.6. The molecule has 0 saturated carbocycles. The SMILES string of the molecule is c1ccc(-c2ccc3c(c2)oc2c(-c4ccccc4)ccc(N(c4ccc5c(c4)sc4cc(-c6ccccc6)ccc45)c4cccc5ccccc45)c23)cc1. The van der Waals surface area contributed by atoms with Gasteiger partial charge in [-0.2, -0.15) is 0 Å². The van der Waals surface area contributed by atoms with Crippen LogP contribution in [0.3, 0.4) is 0 Å². The molecule has 0 aliphatic heterocycles. The minimum absolute atomic E-state index is 0.869. The Morgan fingerprint density at radius 3 is 1.73 bits per heavy atom. The molecular weight excluding hydrogens is 687 g/mol. The van der Waals surface area contributed by atoms with Crippen molar-refractivity contribution in [2.45, 2.75) is 0 Å². The first-order chi connectivity index (χ1) is 27.3. The van der Waals surface area contributed by atoms with Crippen LogP contribution in [-0.4, -0.2) is 0 Å². The van der Waals surface area contributed by atoms with E-state index in [0.29, 0.717) is 0 Å². The van der Waals surface area contributed by atoms with Crippen molar-refractivity contribution in [2.75, 3.05) is 4.90 Å². The van der Waals surface area contributed by atoms with Gasteiger partial charge in [0, 0.05) is 42.2 Å². The van der Waals surface area contributed by atoms with E-state index in [4.69, 9.17) is 4.42 Å². The van der Waals surface area contributed by atoms with E-state index in [1.54, 1.807) is 0 Å². The van der Waals surface area contributed by atoms with Gasteiger partial charge in [0.1, 0.15) is 11.2 Å². The summed E-state index contributed by atoms with van der Waals surface area (Å²) in [5, 5.41) is 7.12. The van der Waals surface area contributed by atoms with Crippen LogP contribution in [0.15, 0.2) is 205 Å². The van der Waals surface area contributed by atoms with E-state index in [1.165, 1.54) is 47.6 Å². The molecule has 0 saturated heterocycles. The highest BCUT2D eigenvalue weighted by Gasteiger charge is 2.24. The Morgan fingerprint density at radius 2 is 0.982 bits per heavy atom. The molecule has 55 heavy (non-hydrogen) atoms. The highest BCUT2D eigenvalue weighted by atomic mass is 32.1. The maximum absolute atomic E-state index is 6.98. The third-order valence-corrected chi connectivity index (χ3v) is 12.0. The Balaban J connectivity index is 1.18. The predicted octanol–water partition coefficient (Wildman–Crippen LogP) is 15.6. The van der Waals surface area contributed by atoms with Gasteiger partial charge in [-0.05, 0) is 81.7 Å². The van der Waals surface area contributed by atoms with Crippen LogP contribution >= 0.6 is 11.3 Å². The Morgan fingerprint density at radius 1 is 0.382 bits per heavy atom. The number of benzene rings is 9. The summed E-state index contributed by atoms with van der Waals surface area (Å²) >= 11 is 1.86. The first-order valence-electron chi connectivity index (χ1n) is 18.7. The van der Waals surface area contributed by atoms with Crippen molar-refractivity contribution >= 4 is 81.3 Å². The predicted molar refractivity (Wildman–Crippen MR) is 235 cm³/mol. The minimum atomic E-state index is 0.869. The van der Waals surface area contributed by atoms with E-state index in [1.807, 2.05) is 11.3 Å². The molecular formula is C52H33NOS. The Labute approximate surface area is 322 Å². The molecule has 2 heterocycles. The van der Waals surface area contributed by atoms with Crippen molar-refractivity contribution < 1.29 is 4.42 Å². The molecule has 11 rings (SSSR count). The van der Waals surface area contributed by atoms with E-state index in [0.717, 1.165) is 55.7 Å². The number of hydrogen-bond acceptors (Lipinski definition) is 3. The summed E-state index contributed by atoms with van der Waals surface area (Å²) in [7, 11) is 0. The third kappa shape index (κ3) is 5.32. The summed E-state index contributed by atoms with van der Waals surface area (Å²) in [6.45, 7) is 0. The zero-order chi connectivity index (χ0) is 36.3. The zero-order valence-electron chi connectivity index (χ0n) is 29.8. The smallest absolute Gasteiger partial charge is 0.145 e. The number of fused-ring (bicyclic) bond motifs is 7. The first-order valence-corrected chi connectivity index (χ1v) is 19.5. The summed E-state index contributed by atoms with van der Waals surface area (Å²) in [6, 6.07) is 72.1. The Kier molecular flexibility index (Phi) is 7.39. The van der Waals surface area contributed by atoms with Gasteiger partial charge in [0.2, 0.25) is 0 Å². The molecule has 0 aliphatic rings. The summed E-state index contributed by atoms with van der Waals surface area (Å²) in [5.74, 6) is 0. The van der Waals surface area contributed by atoms with Gasteiger partial charge in [0.05, 0.1) is 16.8 Å². The fourth-order valence-corrected chi connectivity index (χ4v) is 9.41. The topological polar surface area (TPSA) is 16.4 Å². The highest BCUT2D eigenvalue weighted by molar-refractivity contribution is 7.25. The van der Waals surface area contributed by atoms with E-state index >= 15 is 0 Å². The van der Waals surface area contributed by atoms with E-state index < -0.39 is 0 Å². The van der Waals surface area contributed by atoms with Crippen molar-refractivity contribution in [3.63, 3.8) is 0 Å². The number of rotatable bonds is 6. The van der Waals surface area contributed by atoms with Crippen LogP contribution in [-0.2, 0) is 0 Å². The van der Waals surface area contributed by atoms with Crippen molar-refractivity contribution in [3.8, 4) is 33.4 Å². The summed E-state index contributed by atoms with van der Waals surface area (Å²) < 4.78 is 9.52. The lowest BCUT2D eigenvalue weighted by atomic mass is 9.98. The van der Waals surface area contributed by atoms with Crippen LogP contribution in [0.4, 0.5) is 17.1 Å². The lowest BCUT2D eigenvalue weighted by Crippen LogP contribution is -2.11. The van der Waals surface area contributed by atoms with Crippen molar-refractivity contribution in [3.05, 3.63) is 200 Å². The van der Waals surface area contributed by atoms with E-state index in [9.17, 15) is 0 Å².